The number of hydrogen-bond acceptors (Lipinski definition) is 2. The van der Waals surface area contributed by atoms with Crippen molar-refractivity contribution < 1.29 is 5.11 Å². The largest absolute Gasteiger partial charge is 0.396 e. The first-order chi connectivity index (χ1) is 9.36. The first kappa shape index (κ1) is 12.5. The van der Waals surface area contributed by atoms with Crippen LogP contribution in [0, 0.1) is 5.92 Å². The molecule has 1 fully saturated rings. The normalized spacial score (nSPS) is 23.4. The Hall–Kier alpha value is -1.54. The van der Waals surface area contributed by atoms with Gasteiger partial charge in [-0.25, -0.2) is 0 Å². The van der Waals surface area contributed by atoms with Gasteiger partial charge in [0.05, 0.1) is 0 Å². The van der Waals surface area contributed by atoms with Crippen molar-refractivity contribution in [1.82, 2.24) is 0 Å². The van der Waals surface area contributed by atoms with Crippen LogP contribution in [0.15, 0.2) is 42.5 Å². The Morgan fingerprint density at radius 2 is 1.79 bits per heavy atom. The van der Waals surface area contributed by atoms with E-state index in [0.29, 0.717) is 18.6 Å². The Morgan fingerprint density at radius 3 is 2.63 bits per heavy atom. The summed E-state index contributed by atoms with van der Waals surface area (Å²) < 4.78 is 0. The number of rotatable bonds is 3. The Morgan fingerprint density at radius 1 is 1.00 bits per heavy atom. The highest BCUT2D eigenvalue weighted by molar-refractivity contribution is 5.85. The van der Waals surface area contributed by atoms with E-state index >= 15 is 0 Å². The predicted octanol–water partition coefficient (Wildman–Crippen LogP) is 3.80. The summed E-state index contributed by atoms with van der Waals surface area (Å²) in [5, 5.41) is 15.6. The summed E-state index contributed by atoms with van der Waals surface area (Å²) in [6.07, 6.45) is 4.82. The second-order valence-corrected chi connectivity index (χ2v) is 5.54. The second-order valence-electron chi connectivity index (χ2n) is 5.54. The molecule has 3 rings (SSSR count). The monoisotopic (exact) mass is 255 g/mol. The van der Waals surface area contributed by atoms with Gasteiger partial charge in [-0.3, -0.25) is 0 Å². The minimum atomic E-state index is 0.297. The van der Waals surface area contributed by atoms with E-state index in [9.17, 15) is 5.11 Å². The maximum atomic E-state index is 9.47. The van der Waals surface area contributed by atoms with Crippen LogP contribution in [0.2, 0.25) is 0 Å². The van der Waals surface area contributed by atoms with E-state index in [1.54, 1.807) is 0 Å². The van der Waals surface area contributed by atoms with Crippen molar-refractivity contribution in [2.45, 2.75) is 31.7 Å². The summed E-state index contributed by atoms with van der Waals surface area (Å²) in [6.45, 7) is 0.297. The van der Waals surface area contributed by atoms with Crippen LogP contribution in [0.1, 0.15) is 25.7 Å². The lowest BCUT2D eigenvalue weighted by atomic mass is 9.85. The molecule has 0 bridgehead atoms. The zero-order valence-corrected chi connectivity index (χ0v) is 11.2. The summed E-state index contributed by atoms with van der Waals surface area (Å²) in [5.41, 5.74) is 1.17. The third-order valence-electron chi connectivity index (χ3n) is 4.25. The molecule has 1 aliphatic rings. The smallest absolute Gasteiger partial charge is 0.0478 e. The quantitative estimate of drug-likeness (QED) is 0.874. The minimum absolute atomic E-state index is 0.297. The number of fused-ring (bicyclic) bond motifs is 1. The zero-order valence-electron chi connectivity index (χ0n) is 11.2. The van der Waals surface area contributed by atoms with Gasteiger partial charge in [0.1, 0.15) is 0 Å². The molecule has 100 valence electrons. The van der Waals surface area contributed by atoms with Crippen LogP contribution in [0.25, 0.3) is 10.8 Å². The molecule has 19 heavy (non-hydrogen) atoms. The number of aliphatic hydroxyl groups excluding tert-OH is 1. The highest BCUT2D eigenvalue weighted by Crippen LogP contribution is 2.28. The molecule has 0 saturated heterocycles. The molecule has 2 atom stereocenters. The number of hydrogen-bond donors (Lipinski definition) is 2. The van der Waals surface area contributed by atoms with Gasteiger partial charge in [0.2, 0.25) is 0 Å². The van der Waals surface area contributed by atoms with Gasteiger partial charge in [0.15, 0.2) is 0 Å². The Kier molecular flexibility index (Phi) is 3.69. The third kappa shape index (κ3) is 2.74. The molecular formula is C17H21NO. The van der Waals surface area contributed by atoms with Crippen LogP contribution < -0.4 is 5.32 Å². The van der Waals surface area contributed by atoms with Crippen LogP contribution in [0.3, 0.4) is 0 Å². The van der Waals surface area contributed by atoms with Crippen molar-refractivity contribution in [1.29, 1.82) is 0 Å². The summed E-state index contributed by atoms with van der Waals surface area (Å²) in [4.78, 5) is 0. The van der Waals surface area contributed by atoms with Crippen LogP contribution in [0.4, 0.5) is 5.69 Å². The van der Waals surface area contributed by atoms with Gasteiger partial charge < -0.3 is 10.4 Å². The average Bonchev–Trinajstić information content (AvgIpc) is 2.48. The van der Waals surface area contributed by atoms with Crippen LogP contribution in [-0.2, 0) is 0 Å². The van der Waals surface area contributed by atoms with E-state index < -0.39 is 0 Å². The number of benzene rings is 2. The summed E-state index contributed by atoms with van der Waals surface area (Å²) in [5.74, 6) is 0.403. The lowest BCUT2D eigenvalue weighted by Gasteiger charge is -2.31. The van der Waals surface area contributed by atoms with Gasteiger partial charge in [-0.1, -0.05) is 43.2 Å². The van der Waals surface area contributed by atoms with Gasteiger partial charge in [-0.05, 0) is 35.7 Å². The molecule has 0 spiro atoms. The van der Waals surface area contributed by atoms with Gasteiger partial charge in [-0.15, -0.1) is 0 Å². The maximum absolute atomic E-state index is 9.47. The lowest BCUT2D eigenvalue weighted by molar-refractivity contribution is 0.178. The van der Waals surface area contributed by atoms with Gasteiger partial charge >= 0.3 is 0 Å². The van der Waals surface area contributed by atoms with Crippen LogP contribution in [-0.4, -0.2) is 17.8 Å². The average molecular weight is 255 g/mol. The molecule has 0 aromatic heterocycles. The molecular weight excluding hydrogens is 234 g/mol. The van der Waals surface area contributed by atoms with E-state index in [-0.39, 0.29) is 0 Å². The van der Waals surface area contributed by atoms with E-state index in [2.05, 4.69) is 47.8 Å². The van der Waals surface area contributed by atoms with Crippen molar-refractivity contribution in [3.8, 4) is 0 Å². The zero-order chi connectivity index (χ0) is 13.1. The SMILES string of the molecule is OCC1CCCCC1Nc1ccc2ccccc2c1. The first-order valence-corrected chi connectivity index (χ1v) is 7.23. The van der Waals surface area contributed by atoms with Crippen molar-refractivity contribution >= 4 is 16.5 Å². The van der Waals surface area contributed by atoms with Gasteiger partial charge in [0.25, 0.3) is 0 Å². The molecule has 1 aliphatic carbocycles. The molecule has 2 aromatic carbocycles. The lowest BCUT2D eigenvalue weighted by Crippen LogP contribution is -2.34. The van der Waals surface area contributed by atoms with Crippen molar-refractivity contribution in [3.63, 3.8) is 0 Å². The molecule has 2 heteroatoms. The standard InChI is InChI=1S/C17H21NO/c19-12-15-7-3-4-8-17(15)18-16-10-9-13-5-1-2-6-14(13)11-16/h1-2,5-6,9-11,15,17-19H,3-4,7-8,12H2. The topological polar surface area (TPSA) is 32.3 Å². The van der Waals surface area contributed by atoms with Crippen LogP contribution >= 0.6 is 0 Å². The van der Waals surface area contributed by atoms with Crippen molar-refractivity contribution in [2.24, 2.45) is 5.92 Å². The fraction of sp³-hybridized carbons (Fsp3) is 0.412. The highest BCUT2D eigenvalue weighted by Gasteiger charge is 2.24. The number of anilines is 1. The highest BCUT2D eigenvalue weighted by atomic mass is 16.3. The molecule has 2 nitrogen and oxygen atoms in total. The third-order valence-corrected chi connectivity index (χ3v) is 4.25. The Labute approximate surface area is 114 Å². The minimum Gasteiger partial charge on any atom is -0.396 e. The molecule has 0 aliphatic heterocycles. The number of nitrogens with one attached hydrogen (secondary N) is 1. The molecule has 0 radical (unpaired) electrons. The van der Waals surface area contributed by atoms with E-state index in [1.807, 2.05) is 0 Å². The Balaban J connectivity index is 1.80. The summed E-state index contributed by atoms with van der Waals surface area (Å²) in [6, 6.07) is 15.3. The predicted molar refractivity (Wildman–Crippen MR) is 80.4 cm³/mol. The van der Waals surface area contributed by atoms with Crippen molar-refractivity contribution in [3.05, 3.63) is 42.5 Å². The molecule has 0 heterocycles. The molecule has 1 saturated carbocycles. The van der Waals surface area contributed by atoms with Gasteiger partial charge in [0, 0.05) is 24.3 Å². The van der Waals surface area contributed by atoms with E-state index in [4.69, 9.17) is 0 Å². The summed E-state index contributed by atoms with van der Waals surface area (Å²) >= 11 is 0. The number of aliphatic hydroxyl groups is 1. The van der Waals surface area contributed by atoms with Gasteiger partial charge in [-0.2, -0.15) is 0 Å². The van der Waals surface area contributed by atoms with Crippen LogP contribution in [0.5, 0.6) is 0 Å². The Bertz CT molecular complexity index is 552. The fourth-order valence-corrected chi connectivity index (χ4v) is 3.11. The fourth-order valence-electron chi connectivity index (χ4n) is 3.11. The molecule has 2 unspecified atom stereocenters. The van der Waals surface area contributed by atoms with E-state index in [1.165, 1.54) is 29.3 Å². The molecule has 2 N–H and O–H groups in total. The van der Waals surface area contributed by atoms with Crippen molar-refractivity contribution in [2.75, 3.05) is 11.9 Å². The summed E-state index contributed by atoms with van der Waals surface area (Å²) in [7, 11) is 0. The maximum Gasteiger partial charge on any atom is 0.0478 e. The van der Waals surface area contributed by atoms with E-state index in [0.717, 1.165) is 12.8 Å². The first-order valence-electron chi connectivity index (χ1n) is 7.23. The molecule has 2 aromatic rings. The second kappa shape index (κ2) is 5.62. The molecule has 0 amide bonds.